The summed E-state index contributed by atoms with van der Waals surface area (Å²) in [7, 11) is 0. The third-order valence-corrected chi connectivity index (χ3v) is 4.61. The molecular weight excluding hydrogens is 328 g/mol. The molecule has 0 saturated carbocycles. The molecule has 2 aliphatic heterocycles. The van der Waals surface area contributed by atoms with Gasteiger partial charge >= 0.3 is 0 Å². The number of para-hydroxylation sites is 1. The van der Waals surface area contributed by atoms with Crippen LogP contribution in [-0.4, -0.2) is 49.4 Å². The first-order valence-electron chi connectivity index (χ1n) is 8.72. The lowest BCUT2D eigenvalue weighted by molar-refractivity contribution is -0.0598. The Balaban J connectivity index is 1.50. The summed E-state index contributed by atoms with van der Waals surface area (Å²) >= 11 is 0. The number of fused-ring (bicyclic) bond motifs is 2. The predicted molar refractivity (Wildman–Crippen MR) is 101 cm³/mol. The van der Waals surface area contributed by atoms with E-state index in [1.165, 1.54) is 0 Å². The van der Waals surface area contributed by atoms with Gasteiger partial charge in [0, 0.05) is 24.0 Å². The van der Waals surface area contributed by atoms with Crippen LogP contribution in [0.5, 0.6) is 0 Å². The Morgan fingerprint density at radius 1 is 1.15 bits per heavy atom. The molecule has 1 unspecified atom stereocenters. The van der Waals surface area contributed by atoms with Crippen LogP contribution in [0.25, 0.3) is 10.9 Å². The standard InChI is InChI=1S/C20H22N4O2/c1-20(2,26)17-8-5-9-18-22-23(19(25)24(17)18)13-12-15-11-10-14-6-3-4-7-16(14)21-15/h3-11,19,25-26H,12-13H2,1-2H3. The highest BCUT2D eigenvalue weighted by Gasteiger charge is 2.39. The smallest absolute Gasteiger partial charge is 0.228 e. The Morgan fingerprint density at radius 3 is 2.77 bits per heavy atom. The second-order valence-electron chi connectivity index (χ2n) is 7.05. The lowest BCUT2D eigenvalue weighted by Gasteiger charge is -2.35. The van der Waals surface area contributed by atoms with Crippen molar-refractivity contribution in [3.63, 3.8) is 0 Å². The van der Waals surface area contributed by atoms with Crippen molar-refractivity contribution in [3.05, 3.63) is 66.0 Å². The quantitative estimate of drug-likeness (QED) is 0.885. The van der Waals surface area contributed by atoms with E-state index in [-0.39, 0.29) is 0 Å². The Labute approximate surface area is 152 Å². The van der Waals surface area contributed by atoms with Crippen molar-refractivity contribution in [1.82, 2.24) is 14.9 Å². The first-order chi connectivity index (χ1) is 12.4. The average Bonchev–Trinajstić information content (AvgIpc) is 2.95. The lowest BCUT2D eigenvalue weighted by atomic mass is 10.0. The molecule has 2 N–H and O–H groups in total. The second-order valence-corrected chi connectivity index (χ2v) is 7.05. The molecule has 134 valence electrons. The molecule has 1 aromatic carbocycles. The van der Waals surface area contributed by atoms with Gasteiger partial charge < -0.3 is 10.2 Å². The minimum atomic E-state index is -1.07. The fraction of sp³-hybridized carbons (Fsp3) is 0.300. The number of aromatic nitrogens is 1. The number of rotatable bonds is 4. The number of hydrogen-bond donors (Lipinski definition) is 2. The molecule has 1 atom stereocenters. The van der Waals surface area contributed by atoms with Gasteiger partial charge in [-0.1, -0.05) is 30.3 Å². The predicted octanol–water partition coefficient (Wildman–Crippen LogP) is 2.21. The summed E-state index contributed by atoms with van der Waals surface area (Å²) in [4.78, 5) is 6.33. The highest BCUT2D eigenvalue weighted by atomic mass is 16.3. The third-order valence-electron chi connectivity index (χ3n) is 4.61. The number of amidine groups is 1. The number of pyridine rings is 1. The van der Waals surface area contributed by atoms with Crippen LogP contribution in [0.15, 0.2) is 65.4 Å². The summed E-state index contributed by atoms with van der Waals surface area (Å²) < 4.78 is 0. The van der Waals surface area contributed by atoms with Crippen molar-refractivity contribution in [2.45, 2.75) is 32.2 Å². The molecule has 4 rings (SSSR count). The van der Waals surface area contributed by atoms with E-state index in [4.69, 9.17) is 0 Å². The summed E-state index contributed by atoms with van der Waals surface area (Å²) in [5, 5.41) is 28.3. The van der Waals surface area contributed by atoms with Gasteiger partial charge in [-0.3, -0.25) is 9.88 Å². The SMILES string of the molecule is CC(C)(O)C1=CC=CC2=NN(CCc3ccc4ccccc4n3)C(O)N12. The minimum Gasteiger partial charge on any atom is -0.384 e. The summed E-state index contributed by atoms with van der Waals surface area (Å²) in [6.07, 6.45) is 5.19. The highest BCUT2D eigenvalue weighted by molar-refractivity contribution is 5.96. The lowest BCUT2D eigenvalue weighted by Crippen LogP contribution is -2.47. The fourth-order valence-electron chi connectivity index (χ4n) is 3.29. The number of hydrazone groups is 1. The van der Waals surface area contributed by atoms with E-state index >= 15 is 0 Å². The van der Waals surface area contributed by atoms with Crippen LogP contribution in [0.2, 0.25) is 0 Å². The number of aliphatic hydroxyl groups excluding tert-OH is 1. The van der Waals surface area contributed by atoms with Gasteiger partial charge in [0.25, 0.3) is 0 Å². The number of aliphatic hydroxyl groups is 2. The zero-order valence-electron chi connectivity index (χ0n) is 14.9. The van der Waals surface area contributed by atoms with Crippen LogP contribution >= 0.6 is 0 Å². The van der Waals surface area contributed by atoms with Gasteiger partial charge in [0.05, 0.1) is 16.8 Å². The first-order valence-corrected chi connectivity index (χ1v) is 8.72. The Hall–Kier alpha value is -2.70. The number of nitrogens with zero attached hydrogens (tertiary/aromatic N) is 4. The summed E-state index contributed by atoms with van der Waals surface area (Å²) in [6, 6.07) is 12.1. The van der Waals surface area contributed by atoms with E-state index in [1.807, 2.05) is 42.5 Å². The topological polar surface area (TPSA) is 72.2 Å². The van der Waals surface area contributed by atoms with Gasteiger partial charge in [0.2, 0.25) is 6.35 Å². The van der Waals surface area contributed by atoms with Gasteiger partial charge in [-0.25, -0.2) is 5.01 Å². The van der Waals surface area contributed by atoms with Gasteiger partial charge in [0.15, 0.2) is 5.84 Å². The van der Waals surface area contributed by atoms with E-state index in [2.05, 4.69) is 16.2 Å². The molecular formula is C20H22N4O2. The highest BCUT2D eigenvalue weighted by Crippen LogP contribution is 2.30. The zero-order valence-corrected chi connectivity index (χ0v) is 14.9. The van der Waals surface area contributed by atoms with Crippen LogP contribution in [-0.2, 0) is 6.42 Å². The van der Waals surface area contributed by atoms with E-state index < -0.39 is 12.0 Å². The normalized spacial score (nSPS) is 19.6. The van der Waals surface area contributed by atoms with Gasteiger partial charge in [-0.05, 0) is 38.1 Å². The molecule has 0 spiro atoms. The molecule has 0 bridgehead atoms. The second kappa shape index (κ2) is 6.23. The minimum absolute atomic E-state index is 0.527. The number of benzene rings is 1. The third kappa shape index (κ3) is 2.98. The molecule has 3 heterocycles. The van der Waals surface area contributed by atoms with Gasteiger partial charge in [-0.15, -0.1) is 0 Å². The number of allylic oxidation sites excluding steroid dienone is 2. The van der Waals surface area contributed by atoms with Crippen molar-refractivity contribution in [2.24, 2.45) is 5.10 Å². The van der Waals surface area contributed by atoms with E-state index in [9.17, 15) is 10.2 Å². The largest absolute Gasteiger partial charge is 0.384 e. The molecule has 26 heavy (non-hydrogen) atoms. The zero-order chi connectivity index (χ0) is 18.3. The molecule has 0 radical (unpaired) electrons. The molecule has 2 aliphatic rings. The van der Waals surface area contributed by atoms with Crippen LogP contribution in [0.1, 0.15) is 19.5 Å². The molecule has 6 heteroatoms. The molecule has 0 fully saturated rings. The van der Waals surface area contributed by atoms with Crippen molar-refractivity contribution in [3.8, 4) is 0 Å². The van der Waals surface area contributed by atoms with E-state index in [1.54, 1.807) is 29.8 Å². The van der Waals surface area contributed by atoms with Crippen LogP contribution in [0.3, 0.4) is 0 Å². The van der Waals surface area contributed by atoms with Gasteiger partial charge in [-0.2, -0.15) is 5.10 Å². The maximum absolute atomic E-state index is 10.7. The van der Waals surface area contributed by atoms with Gasteiger partial charge in [0.1, 0.15) is 0 Å². The van der Waals surface area contributed by atoms with E-state index in [0.717, 1.165) is 16.6 Å². The monoisotopic (exact) mass is 350 g/mol. The van der Waals surface area contributed by atoms with Crippen molar-refractivity contribution >= 4 is 16.7 Å². The fourth-order valence-corrected chi connectivity index (χ4v) is 3.29. The van der Waals surface area contributed by atoms with Crippen molar-refractivity contribution < 1.29 is 10.2 Å². The van der Waals surface area contributed by atoms with Crippen molar-refractivity contribution in [2.75, 3.05) is 6.54 Å². The average molecular weight is 350 g/mol. The maximum atomic E-state index is 10.7. The molecule has 1 aromatic heterocycles. The summed E-state index contributed by atoms with van der Waals surface area (Å²) in [6.45, 7) is 3.92. The van der Waals surface area contributed by atoms with Crippen LogP contribution in [0, 0.1) is 0 Å². The first kappa shape index (κ1) is 16.8. The Bertz CT molecular complexity index is 927. The van der Waals surface area contributed by atoms with E-state index in [0.29, 0.717) is 24.5 Å². The number of hydrogen-bond acceptors (Lipinski definition) is 6. The summed E-state index contributed by atoms with van der Waals surface area (Å²) in [5.74, 6) is 0.628. The molecule has 2 aromatic rings. The molecule has 0 saturated heterocycles. The van der Waals surface area contributed by atoms with Crippen LogP contribution < -0.4 is 0 Å². The Morgan fingerprint density at radius 2 is 1.96 bits per heavy atom. The van der Waals surface area contributed by atoms with Crippen LogP contribution in [0.4, 0.5) is 0 Å². The molecule has 6 nitrogen and oxygen atoms in total. The summed E-state index contributed by atoms with van der Waals surface area (Å²) in [5.41, 5.74) is 1.47. The molecule has 0 aliphatic carbocycles. The maximum Gasteiger partial charge on any atom is 0.228 e. The molecule has 0 amide bonds. The Kier molecular flexibility index (Phi) is 4.01. The van der Waals surface area contributed by atoms with Crippen molar-refractivity contribution in [1.29, 1.82) is 0 Å².